The predicted octanol–water partition coefficient (Wildman–Crippen LogP) is 0.591. The number of hydrogen-bond donors (Lipinski definition) is 1. The lowest BCUT2D eigenvalue weighted by Crippen LogP contribution is -2.37. The zero-order valence-electron chi connectivity index (χ0n) is 9.39. The molecular formula is C11H20N4. The molecule has 0 unspecified atom stereocenters. The van der Waals surface area contributed by atoms with Gasteiger partial charge in [0, 0.05) is 31.9 Å². The van der Waals surface area contributed by atoms with E-state index in [-0.39, 0.29) is 0 Å². The summed E-state index contributed by atoms with van der Waals surface area (Å²) in [6.45, 7) is 4.19. The summed E-state index contributed by atoms with van der Waals surface area (Å²) in [5.41, 5.74) is 7.02. The van der Waals surface area contributed by atoms with Gasteiger partial charge in [0.1, 0.15) is 0 Å². The third-order valence-corrected chi connectivity index (χ3v) is 3.10. The average molecular weight is 208 g/mol. The van der Waals surface area contributed by atoms with Gasteiger partial charge in [-0.15, -0.1) is 0 Å². The molecule has 1 atom stereocenters. The van der Waals surface area contributed by atoms with Crippen molar-refractivity contribution in [3.63, 3.8) is 0 Å². The van der Waals surface area contributed by atoms with Crippen molar-refractivity contribution in [2.24, 2.45) is 18.7 Å². The van der Waals surface area contributed by atoms with Crippen LogP contribution >= 0.6 is 0 Å². The fourth-order valence-electron chi connectivity index (χ4n) is 2.30. The summed E-state index contributed by atoms with van der Waals surface area (Å²) < 4.78 is 1.86. The first kappa shape index (κ1) is 10.6. The van der Waals surface area contributed by atoms with Crippen molar-refractivity contribution in [3.05, 3.63) is 18.0 Å². The number of aromatic nitrogens is 2. The van der Waals surface area contributed by atoms with E-state index in [1.54, 1.807) is 0 Å². The van der Waals surface area contributed by atoms with Gasteiger partial charge < -0.3 is 5.73 Å². The Bertz CT molecular complexity index is 307. The lowest BCUT2D eigenvalue weighted by molar-refractivity contribution is 0.171. The first-order valence-electron chi connectivity index (χ1n) is 5.68. The van der Waals surface area contributed by atoms with Gasteiger partial charge in [-0.2, -0.15) is 5.10 Å². The Morgan fingerprint density at radius 1 is 1.60 bits per heavy atom. The van der Waals surface area contributed by atoms with Gasteiger partial charge in [-0.3, -0.25) is 9.58 Å². The van der Waals surface area contributed by atoms with E-state index in [1.165, 1.54) is 24.9 Å². The van der Waals surface area contributed by atoms with E-state index in [0.717, 1.165) is 19.6 Å². The van der Waals surface area contributed by atoms with E-state index >= 15 is 0 Å². The van der Waals surface area contributed by atoms with E-state index in [4.69, 9.17) is 5.73 Å². The zero-order valence-corrected chi connectivity index (χ0v) is 9.39. The van der Waals surface area contributed by atoms with Crippen LogP contribution in [0.5, 0.6) is 0 Å². The molecule has 4 nitrogen and oxygen atoms in total. The number of likely N-dealkylation sites (tertiary alicyclic amines) is 1. The lowest BCUT2D eigenvalue weighted by Gasteiger charge is -2.31. The fourth-order valence-corrected chi connectivity index (χ4v) is 2.30. The second-order valence-corrected chi connectivity index (χ2v) is 4.50. The molecule has 1 aromatic heterocycles. The molecular weight excluding hydrogens is 188 g/mol. The lowest BCUT2D eigenvalue weighted by atomic mass is 9.98. The van der Waals surface area contributed by atoms with Crippen molar-refractivity contribution in [1.29, 1.82) is 0 Å². The Hall–Kier alpha value is -0.870. The number of piperidine rings is 1. The summed E-state index contributed by atoms with van der Waals surface area (Å²) in [4.78, 5) is 2.48. The van der Waals surface area contributed by atoms with Crippen LogP contribution in [-0.2, 0) is 13.6 Å². The minimum Gasteiger partial charge on any atom is -0.330 e. The molecule has 1 fully saturated rings. The van der Waals surface area contributed by atoms with Crippen molar-refractivity contribution in [3.8, 4) is 0 Å². The van der Waals surface area contributed by atoms with Gasteiger partial charge in [0.25, 0.3) is 0 Å². The van der Waals surface area contributed by atoms with Gasteiger partial charge >= 0.3 is 0 Å². The molecule has 2 rings (SSSR count). The summed E-state index contributed by atoms with van der Waals surface area (Å²) in [7, 11) is 1.96. The number of nitrogens with two attached hydrogens (primary N) is 1. The fraction of sp³-hybridized carbons (Fsp3) is 0.727. The molecule has 2 heterocycles. The van der Waals surface area contributed by atoms with Crippen LogP contribution in [0, 0.1) is 5.92 Å². The second kappa shape index (κ2) is 4.77. The minimum absolute atomic E-state index is 0.690. The van der Waals surface area contributed by atoms with E-state index in [9.17, 15) is 0 Å². The molecule has 0 amide bonds. The molecule has 0 saturated carbocycles. The highest BCUT2D eigenvalue weighted by molar-refractivity contribution is 5.03. The molecule has 0 aromatic carbocycles. The van der Waals surface area contributed by atoms with Gasteiger partial charge in [0.2, 0.25) is 0 Å². The summed E-state index contributed by atoms with van der Waals surface area (Å²) in [5.74, 6) is 0.690. The Labute approximate surface area is 91.1 Å². The standard InChI is InChI=1S/C11H20N4/c1-14-7-11(6-13-14)9-15-4-2-3-10(5-12)8-15/h6-7,10H,2-5,8-9,12H2,1H3/t10-/m0/s1. The topological polar surface area (TPSA) is 47.1 Å². The van der Waals surface area contributed by atoms with Crippen molar-refractivity contribution < 1.29 is 0 Å². The van der Waals surface area contributed by atoms with Crippen LogP contribution in [0.2, 0.25) is 0 Å². The van der Waals surface area contributed by atoms with Crippen LogP contribution < -0.4 is 5.73 Å². The first-order chi connectivity index (χ1) is 7.28. The molecule has 0 radical (unpaired) electrons. The largest absolute Gasteiger partial charge is 0.330 e. The number of rotatable bonds is 3. The Morgan fingerprint density at radius 2 is 2.47 bits per heavy atom. The summed E-state index contributed by atoms with van der Waals surface area (Å²) in [6.07, 6.45) is 6.61. The molecule has 0 spiro atoms. The Morgan fingerprint density at radius 3 is 3.13 bits per heavy atom. The molecule has 2 N–H and O–H groups in total. The molecule has 1 aromatic rings. The Kier molecular flexibility index (Phi) is 3.38. The maximum atomic E-state index is 5.72. The zero-order chi connectivity index (χ0) is 10.7. The van der Waals surface area contributed by atoms with Gasteiger partial charge in [-0.25, -0.2) is 0 Å². The van der Waals surface area contributed by atoms with Gasteiger partial charge in [-0.05, 0) is 31.8 Å². The molecule has 1 saturated heterocycles. The van der Waals surface area contributed by atoms with Gasteiger partial charge in [0.15, 0.2) is 0 Å². The van der Waals surface area contributed by atoms with Crippen LogP contribution in [0.3, 0.4) is 0 Å². The quantitative estimate of drug-likeness (QED) is 0.791. The van der Waals surface area contributed by atoms with E-state index in [2.05, 4.69) is 16.2 Å². The summed E-state index contributed by atoms with van der Waals surface area (Å²) in [5, 5.41) is 4.19. The average Bonchev–Trinajstić information content (AvgIpc) is 2.64. The van der Waals surface area contributed by atoms with E-state index in [1.807, 2.05) is 17.9 Å². The highest BCUT2D eigenvalue weighted by Crippen LogP contribution is 2.17. The highest BCUT2D eigenvalue weighted by atomic mass is 15.2. The number of aryl methyl sites for hydroxylation is 1. The summed E-state index contributed by atoms with van der Waals surface area (Å²) >= 11 is 0. The predicted molar refractivity (Wildman–Crippen MR) is 60.3 cm³/mol. The molecule has 1 aliphatic rings. The SMILES string of the molecule is Cn1cc(CN2CCC[C@@H](CN)C2)cn1. The highest BCUT2D eigenvalue weighted by Gasteiger charge is 2.18. The van der Waals surface area contributed by atoms with Gasteiger partial charge in [0.05, 0.1) is 6.20 Å². The maximum Gasteiger partial charge on any atom is 0.0534 e. The minimum atomic E-state index is 0.690. The number of hydrogen-bond acceptors (Lipinski definition) is 3. The van der Waals surface area contributed by atoms with E-state index in [0.29, 0.717) is 5.92 Å². The van der Waals surface area contributed by atoms with E-state index < -0.39 is 0 Å². The van der Waals surface area contributed by atoms with Crippen molar-refractivity contribution in [2.75, 3.05) is 19.6 Å². The first-order valence-corrected chi connectivity index (χ1v) is 5.68. The van der Waals surface area contributed by atoms with Crippen molar-refractivity contribution in [1.82, 2.24) is 14.7 Å². The molecule has 15 heavy (non-hydrogen) atoms. The molecule has 1 aliphatic heterocycles. The molecule has 4 heteroatoms. The normalized spacial score (nSPS) is 23.2. The number of nitrogens with zero attached hydrogens (tertiary/aromatic N) is 3. The van der Waals surface area contributed by atoms with Crippen LogP contribution in [0.15, 0.2) is 12.4 Å². The smallest absolute Gasteiger partial charge is 0.0534 e. The third-order valence-electron chi connectivity index (χ3n) is 3.10. The Balaban J connectivity index is 1.88. The third kappa shape index (κ3) is 2.79. The second-order valence-electron chi connectivity index (χ2n) is 4.50. The van der Waals surface area contributed by atoms with Crippen molar-refractivity contribution in [2.45, 2.75) is 19.4 Å². The van der Waals surface area contributed by atoms with Crippen LogP contribution in [-0.4, -0.2) is 34.3 Å². The van der Waals surface area contributed by atoms with Crippen molar-refractivity contribution >= 4 is 0 Å². The van der Waals surface area contributed by atoms with Crippen LogP contribution in [0.4, 0.5) is 0 Å². The maximum absolute atomic E-state index is 5.72. The van der Waals surface area contributed by atoms with Crippen LogP contribution in [0.25, 0.3) is 0 Å². The monoisotopic (exact) mass is 208 g/mol. The molecule has 84 valence electrons. The van der Waals surface area contributed by atoms with Crippen LogP contribution in [0.1, 0.15) is 18.4 Å². The summed E-state index contributed by atoms with van der Waals surface area (Å²) in [6, 6.07) is 0. The molecule has 0 aliphatic carbocycles. The molecule has 0 bridgehead atoms. The van der Waals surface area contributed by atoms with Gasteiger partial charge in [-0.1, -0.05) is 0 Å².